The van der Waals surface area contributed by atoms with Gasteiger partial charge in [-0.25, -0.2) is 0 Å². The van der Waals surface area contributed by atoms with Crippen LogP contribution in [0.1, 0.15) is 19.4 Å². The summed E-state index contributed by atoms with van der Waals surface area (Å²) in [6.45, 7) is 7.36. The van der Waals surface area contributed by atoms with Crippen molar-refractivity contribution in [2.75, 3.05) is 34.3 Å². The quantitative estimate of drug-likeness (QED) is 0.786. The molecule has 23 heavy (non-hydrogen) atoms. The highest BCUT2D eigenvalue weighted by molar-refractivity contribution is 5.63. The zero-order valence-electron chi connectivity index (χ0n) is 14.8. The van der Waals surface area contributed by atoms with Gasteiger partial charge in [-0.2, -0.15) is 5.10 Å². The molecule has 0 aliphatic heterocycles. The van der Waals surface area contributed by atoms with Crippen LogP contribution in [0.5, 0.6) is 5.75 Å². The van der Waals surface area contributed by atoms with Crippen LogP contribution in [0.15, 0.2) is 30.5 Å². The highest BCUT2D eigenvalue weighted by Crippen LogP contribution is 2.24. The average Bonchev–Trinajstić information content (AvgIpc) is 2.94. The number of nitrogens with one attached hydrogen (secondary N) is 2. The summed E-state index contributed by atoms with van der Waals surface area (Å²) in [5.74, 6) is 0.860. The summed E-state index contributed by atoms with van der Waals surface area (Å²) in [6.07, 6.45) is 1.89. The third kappa shape index (κ3) is 5.08. The molecule has 2 N–H and O–H groups in total. The fraction of sp³-hybridized carbons (Fsp3) is 0.500. The summed E-state index contributed by atoms with van der Waals surface area (Å²) in [6, 6.07) is 8.03. The minimum absolute atomic E-state index is 0.230. The van der Waals surface area contributed by atoms with Gasteiger partial charge >= 0.3 is 0 Å². The molecular weight excluding hydrogens is 288 g/mol. The van der Waals surface area contributed by atoms with Crippen molar-refractivity contribution < 1.29 is 4.74 Å². The summed E-state index contributed by atoms with van der Waals surface area (Å²) in [4.78, 5) is 2.22. The molecule has 0 amide bonds. The Morgan fingerprint density at radius 1 is 1.22 bits per heavy atom. The van der Waals surface area contributed by atoms with Gasteiger partial charge in [-0.15, -0.1) is 0 Å². The SMILES string of the molecule is COc1ccc(-c2[nH]ncc2CNCC(C)(C)CN(C)C)cc1. The number of aromatic amines is 1. The number of aromatic nitrogens is 2. The van der Waals surface area contributed by atoms with Gasteiger partial charge in [0.15, 0.2) is 0 Å². The van der Waals surface area contributed by atoms with Crippen LogP contribution in [0, 0.1) is 5.41 Å². The maximum atomic E-state index is 5.21. The number of benzene rings is 1. The van der Waals surface area contributed by atoms with Crippen LogP contribution >= 0.6 is 0 Å². The van der Waals surface area contributed by atoms with Crippen molar-refractivity contribution in [3.63, 3.8) is 0 Å². The highest BCUT2D eigenvalue weighted by Gasteiger charge is 2.18. The second-order valence-corrected chi connectivity index (χ2v) is 7.00. The van der Waals surface area contributed by atoms with E-state index in [1.807, 2.05) is 30.5 Å². The molecule has 5 heteroatoms. The van der Waals surface area contributed by atoms with Gasteiger partial charge in [0.25, 0.3) is 0 Å². The summed E-state index contributed by atoms with van der Waals surface area (Å²) in [5.41, 5.74) is 3.59. The van der Waals surface area contributed by atoms with Gasteiger partial charge in [0.1, 0.15) is 5.75 Å². The van der Waals surface area contributed by atoms with Crippen LogP contribution in [0.3, 0.4) is 0 Å². The predicted octanol–water partition coefficient (Wildman–Crippen LogP) is 2.76. The zero-order valence-corrected chi connectivity index (χ0v) is 14.8. The Balaban J connectivity index is 1.98. The Hall–Kier alpha value is -1.85. The number of hydrogen-bond donors (Lipinski definition) is 2. The van der Waals surface area contributed by atoms with Crippen molar-refractivity contribution in [2.24, 2.45) is 5.41 Å². The fourth-order valence-corrected chi connectivity index (χ4v) is 2.90. The van der Waals surface area contributed by atoms with Crippen LogP contribution in [-0.2, 0) is 6.54 Å². The topological polar surface area (TPSA) is 53.2 Å². The van der Waals surface area contributed by atoms with Gasteiger partial charge in [-0.1, -0.05) is 13.8 Å². The summed E-state index contributed by atoms with van der Waals surface area (Å²) in [5, 5.41) is 10.9. The zero-order chi connectivity index (χ0) is 16.9. The molecule has 0 spiro atoms. The molecule has 2 aromatic rings. The van der Waals surface area contributed by atoms with Gasteiger partial charge in [-0.3, -0.25) is 5.10 Å². The number of nitrogens with zero attached hydrogens (tertiary/aromatic N) is 2. The normalized spacial score (nSPS) is 11.9. The number of rotatable bonds is 8. The Morgan fingerprint density at radius 2 is 1.91 bits per heavy atom. The molecule has 1 heterocycles. The van der Waals surface area contributed by atoms with E-state index < -0.39 is 0 Å². The first-order valence-corrected chi connectivity index (χ1v) is 7.93. The van der Waals surface area contributed by atoms with Crippen molar-refractivity contribution in [3.8, 4) is 17.0 Å². The second kappa shape index (κ2) is 7.62. The van der Waals surface area contributed by atoms with Crippen molar-refractivity contribution >= 4 is 0 Å². The lowest BCUT2D eigenvalue weighted by molar-refractivity contribution is 0.232. The minimum atomic E-state index is 0.230. The molecule has 0 aliphatic rings. The van der Waals surface area contributed by atoms with Gasteiger partial charge in [0, 0.05) is 30.8 Å². The molecule has 0 atom stereocenters. The van der Waals surface area contributed by atoms with Gasteiger partial charge in [0.2, 0.25) is 0 Å². The van der Waals surface area contributed by atoms with Gasteiger partial charge in [0.05, 0.1) is 19.0 Å². The lowest BCUT2D eigenvalue weighted by Gasteiger charge is -2.28. The number of methoxy groups -OCH3 is 1. The molecular formula is C18H28N4O. The second-order valence-electron chi connectivity index (χ2n) is 7.00. The average molecular weight is 316 g/mol. The summed E-state index contributed by atoms with van der Waals surface area (Å²) in [7, 11) is 5.90. The Morgan fingerprint density at radius 3 is 2.52 bits per heavy atom. The molecule has 0 radical (unpaired) electrons. The van der Waals surface area contributed by atoms with Crippen molar-refractivity contribution in [2.45, 2.75) is 20.4 Å². The molecule has 0 bridgehead atoms. The van der Waals surface area contributed by atoms with E-state index in [0.29, 0.717) is 0 Å². The van der Waals surface area contributed by atoms with E-state index in [2.05, 4.69) is 48.4 Å². The molecule has 1 aromatic carbocycles. The fourth-order valence-electron chi connectivity index (χ4n) is 2.90. The van der Waals surface area contributed by atoms with Crippen LogP contribution in [0.25, 0.3) is 11.3 Å². The Labute approximate surface area is 139 Å². The van der Waals surface area contributed by atoms with Crippen LogP contribution in [-0.4, -0.2) is 49.4 Å². The van der Waals surface area contributed by atoms with Crippen LogP contribution in [0.2, 0.25) is 0 Å². The molecule has 0 unspecified atom stereocenters. The Bertz CT molecular complexity index is 602. The molecule has 0 fully saturated rings. The Kier molecular flexibility index (Phi) is 5.80. The van der Waals surface area contributed by atoms with E-state index in [1.165, 1.54) is 5.56 Å². The molecule has 1 aromatic heterocycles. The lowest BCUT2D eigenvalue weighted by atomic mass is 9.93. The monoisotopic (exact) mass is 316 g/mol. The molecule has 0 saturated carbocycles. The summed E-state index contributed by atoms with van der Waals surface area (Å²) < 4.78 is 5.21. The number of hydrogen-bond acceptors (Lipinski definition) is 4. The van der Waals surface area contributed by atoms with E-state index in [9.17, 15) is 0 Å². The minimum Gasteiger partial charge on any atom is -0.497 e. The van der Waals surface area contributed by atoms with Crippen molar-refractivity contribution in [1.82, 2.24) is 20.4 Å². The molecule has 126 valence electrons. The largest absolute Gasteiger partial charge is 0.497 e. The number of H-pyrrole nitrogens is 1. The maximum Gasteiger partial charge on any atom is 0.118 e. The predicted molar refractivity (Wildman–Crippen MR) is 94.6 cm³/mol. The van der Waals surface area contributed by atoms with Crippen molar-refractivity contribution in [1.29, 1.82) is 0 Å². The van der Waals surface area contributed by atoms with Crippen molar-refractivity contribution in [3.05, 3.63) is 36.0 Å². The molecule has 2 rings (SSSR count). The summed E-state index contributed by atoms with van der Waals surface area (Å²) >= 11 is 0. The first-order valence-electron chi connectivity index (χ1n) is 7.93. The standard InChI is InChI=1S/C18H28N4O/c1-18(2,13-22(3)4)12-19-10-15-11-20-21-17(15)14-6-8-16(23-5)9-7-14/h6-9,11,19H,10,12-13H2,1-5H3,(H,20,21). The third-order valence-electron chi connectivity index (χ3n) is 3.76. The molecule has 5 nitrogen and oxygen atoms in total. The van der Waals surface area contributed by atoms with E-state index in [4.69, 9.17) is 4.74 Å². The lowest BCUT2D eigenvalue weighted by Crippen LogP contribution is -2.37. The molecule has 0 saturated heterocycles. The van der Waals surface area contributed by atoms with E-state index in [1.54, 1.807) is 7.11 Å². The first-order chi connectivity index (χ1) is 10.9. The maximum absolute atomic E-state index is 5.21. The van der Waals surface area contributed by atoms with Gasteiger partial charge in [-0.05, 0) is 43.8 Å². The smallest absolute Gasteiger partial charge is 0.118 e. The first kappa shape index (κ1) is 17.5. The van der Waals surface area contributed by atoms with Crippen LogP contribution in [0.4, 0.5) is 0 Å². The highest BCUT2D eigenvalue weighted by atomic mass is 16.5. The van der Waals surface area contributed by atoms with E-state index in [0.717, 1.165) is 36.6 Å². The van der Waals surface area contributed by atoms with E-state index >= 15 is 0 Å². The number of ether oxygens (including phenoxy) is 1. The third-order valence-corrected chi connectivity index (χ3v) is 3.76. The van der Waals surface area contributed by atoms with Gasteiger partial charge < -0.3 is 15.0 Å². The van der Waals surface area contributed by atoms with E-state index in [-0.39, 0.29) is 5.41 Å². The molecule has 0 aliphatic carbocycles. The van der Waals surface area contributed by atoms with Crippen LogP contribution < -0.4 is 10.1 Å².